The Hall–Kier alpha value is -0.880. The molecule has 1 unspecified atom stereocenters. The number of rotatable bonds is 6. The molecule has 0 aliphatic heterocycles. The molecule has 0 aromatic carbocycles. The summed E-state index contributed by atoms with van der Waals surface area (Å²) in [5, 5.41) is 2.62. The Labute approximate surface area is 90.3 Å². The largest absolute Gasteiger partial charge is 0.350 e. The zero-order valence-corrected chi connectivity index (χ0v) is 9.80. The van der Waals surface area contributed by atoms with Gasteiger partial charge in [0.25, 0.3) is 10.1 Å². The molecule has 2 N–H and O–H groups in total. The van der Waals surface area contributed by atoms with Crippen LogP contribution in [0.15, 0.2) is 12.2 Å². The second kappa shape index (κ2) is 5.87. The first-order valence-corrected chi connectivity index (χ1v) is 6.28. The number of hydrogen-bond acceptors (Lipinski definition) is 3. The third kappa shape index (κ3) is 7.10. The average molecular weight is 235 g/mol. The highest BCUT2D eigenvalue weighted by Crippen LogP contribution is 2.01. The van der Waals surface area contributed by atoms with Crippen molar-refractivity contribution in [2.45, 2.75) is 32.7 Å². The van der Waals surface area contributed by atoms with Crippen molar-refractivity contribution in [1.29, 1.82) is 0 Å². The van der Waals surface area contributed by atoms with E-state index >= 15 is 0 Å². The van der Waals surface area contributed by atoms with Crippen LogP contribution >= 0.6 is 0 Å². The van der Waals surface area contributed by atoms with Crippen LogP contribution in [0.1, 0.15) is 26.7 Å². The third-order valence-corrected chi connectivity index (χ3v) is 2.69. The summed E-state index contributed by atoms with van der Waals surface area (Å²) in [7, 11) is -3.96. The van der Waals surface area contributed by atoms with Crippen molar-refractivity contribution in [3.8, 4) is 0 Å². The fourth-order valence-corrected chi connectivity index (χ4v) is 1.56. The molecule has 88 valence electrons. The Morgan fingerprint density at radius 1 is 1.53 bits per heavy atom. The minimum Gasteiger partial charge on any atom is -0.350 e. The zero-order valence-electron chi connectivity index (χ0n) is 8.99. The van der Waals surface area contributed by atoms with Gasteiger partial charge in [-0.2, -0.15) is 8.42 Å². The lowest BCUT2D eigenvalue weighted by molar-refractivity contribution is -0.118. The van der Waals surface area contributed by atoms with Crippen LogP contribution in [0.5, 0.6) is 0 Å². The van der Waals surface area contributed by atoms with Gasteiger partial charge in [0.05, 0.1) is 5.75 Å². The fraction of sp³-hybridized carbons (Fsp3) is 0.667. The molecule has 0 aliphatic rings. The van der Waals surface area contributed by atoms with Crippen molar-refractivity contribution < 1.29 is 17.8 Å². The summed E-state index contributed by atoms with van der Waals surface area (Å²) in [5.74, 6) is -0.640. The quantitative estimate of drug-likeness (QED) is 0.525. The Bertz CT molecular complexity index is 334. The van der Waals surface area contributed by atoms with Gasteiger partial charge in [-0.25, -0.2) is 0 Å². The second-order valence-corrected chi connectivity index (χ2v) is 5.01. The van der Waals surface area contributed by atoms with Gasteiger partial charge in [-0.15, -0.1) is 0 Å². The van der Waals surface area contributed by atoms with E-state index in [2.05, 4.69) is 11.9 Å². The molecule has 0 rings (SSSR count). The molecule has 5 nitrogen and oxygen atoms in total. The number of amides is 1. The van der Waals surface area contributed by atoms with E-state index < -0.39 is 10.1 Å². The number of carbonyl (C=O) groups is 1. The predicted molar refractivity (Wildman–Crippen MR) is 58.1 cm³/mol. The van der Waals surface area contributed by atoms with Crippen LogP contribution < -0.4 is 5.32 Å². The Balaban J connectivity index is 4.16. The minimum absolute atomic E-state index is 0.203. The first-order valence-electron chi connectivity index (χ1n) is 4.67. The summed E-state index contributed by atoms with van der Waals surface area (Å²) in [6, 6.07) is -0.254. The summed E-state index contributed by atoms with van der Waals surface area (Å²) in [6.45, 7) is 6.87. The highest BCUT2D eigenvalue weighted by molar-refractivity contribution is 7.85. The van der Waals surface area contributed by atoms with Gasteiger partial charge in [-0.1, -0.05) is 13.5 Å². The van der Waals surface area contributed by atoms with Gasteiger partial charge in [0.2, 0.25) is 5.91 Å². The van der Waals surface area contributed by atoms with E-state index in [-0.39, 0.29) is 24.1 Å². The van der Waals surface area contributed by atoms with Crippen molar-refractivity contribution in [2.24, 2.45) is 0 Å². The molecule has 1 atom stereocenters. The maximum Gasteiger partial charge on any atom is 0.264 e. The van der Waals surface area contributed by atoms with E-state index in [0.29, 0.717) is 12.0 Å². The predicted octanol–water partition coefficient (Wildman–Crippen LogP) is 0.735. The number of nitrogens with one attached hydrogen (secondary N) is 1. The van der Waals surface area contributed by atoms with Crippen molar-refractivity contribution >= 4 is 16.0 Å². The highest BCUT2D eigenvalue weighted by Gasteiger charge is 2.14. The monoisotopic (exact) mass is 235 g/mol. The van der Waals surface area contributed by atoms with Crippen LogP contribution in [-0.2, 0) is 14.9 Å². The standard InChI is InChI=1S/C9H17NO4S/c1-4-8(5-6-15(12,13)14)10-9(11)7(2)3/h8H,2,4-6H2,1,3H3,(H,10,11)(H,12,13,14). The van der Waals surface area contributed by atoms with Crippen LogP contribution in [-0.4, -0.2) is 30.7 Å². The lowest BCUT2D eigenvalue weighted by Gasteiger charge is -2.15. The first kappa shape index (κ1) is 14.1. The molecule has 0 saturated heterocycles. The Kier molecular flexibility index (Phi) is 5.53. The zero-order chi connectivity index (χ0) is 12.1. The average Bonchev–Trinajstić information content (AvgIpc) is 2.10. The van der Waals surface area contributed by atoms with E-state index in [1.165, 1.54) is 0 Å². The van der Waals surface area contributed by atoms with Gasteiger partial charge >= 0.3 is 0 Å². The number of hydrogen-bond donors (Lipinski definition) is 2. The molecule has 0 saturated carbocycles. The highest BCUT2D eigenvalue weighted by atomic mass is 32.2. The van der Waals surface area contributed by atoms with Crippen molar-refractivity contribution in [2.75, 3.05) is 5.75 Å². The normalized spacial score (nSPS) is 13.3. The van der Waals surface area contributed by atoms with Crippen LogP contribution in [0.4, 0.5) is 0 Å². The molecule has 0 fully saturated rings. The molecule has 0 radical (unpaired) electrons. The Morgan fingerprint density at radius 3 is 2.40 bits per heavy atom. The number of carbonyl (C=O) groups excluding carboxylic acids is 1. The minimum atomic E-state index is -3.96. The Morgan fingerprint density at radius 2 is 2.07 bits per heavy atom. The molecule has 1 amide bonds. The molecule has 15 heavy (non-hydrogen) atoms. The van der Waals surface area contributed by atoms with E-state index in [1.807, 2.05) is 6.92 Å². The van der Waals surface area contributed by atoms with Crippen LogP contribution in [0.2, 0.25) is 0 Å². The van der Waals surface area contributed by atoms with Gasteiger partial charge in [0.1, 0.15) is 0 Å². The SMILES string of the molecule is C=C(C)C(=O)NC(CC)CCS(=O)(=O)O. The lowest BCUT2D eigenvalue weighted by atomic mass is 10.1. The van der Waals surface area contributed by atoms with Gasteiger partial charge < -0.3 is 5.32 Å². The molecule has 0 heterocycles. The summed E-state index contributed by atoms with van der Waals surface area (Å²) in [5.41, 5.74) is 0.375. The van der Waals surface area contributed by atoms with E-state index in [1.54, 1.807) is 6.92 Å². The molecular weight excluding hydrogens is 218 g/mol. The summed E-state index contributed by atoms with van der Waals surface area (Å²) >= 11 is 0. The van der Waals surface area contributed by atoms with Crippen molar-refractivity contribution in [1.82, 2.24) is 5.32 Å². The lowest BCUT2D eigenvalue weighted by Crippen LogP contribution is -2.36. The molecule has 6 heteroatoms. The van der Waals surface area contributed by atoms with Crippen molar-refractivity contribution in [3.63, 3.8) is 0 Å². The molecule has 0 aromatic heterocycles. The van der Waals surface area contributed by atoms with Gasteiger partial charge in [0, 0.05) is 11.6 Å². The summed E-state index contributed by atoms with van der Waals surface area (Å²) in [4.78, 5) is 11.2. The molecule has 0 aliphatic carbocycles. The third-order valence-electron chi connectivity index (χ3n) is 1.94. The van der Waals surface area contributed by atoms with E-state index in [9.17, 15) is 13.2 Å². The van der Waals surface area contributed by atoms with Gasteiger partial charge in [0.15, 0.2) is 0 Å². The molecule has 0 bridgehead atoms. The van der Waals surface area contributed by atoms with Gasteiger partial charge in [-0.3, -0.25) is 9.35 Å². The fourth-order valence-electron chi connectivity index (χ4n) is 0.978. The van der Waals surface area contributed by atoms with Crippen LogP contribution in [0.25, 0.3) is 0 Å². The summed E-state index contributed by atoms with van der Waals surface area (Å²) in [6.07, 6.45) is 0.808. The molecular formula is C9H17NO4S. The van der Waals surface area contributed by atoms with Crippen LogP contribution in [0, 0.1) is 0 Å². The summed E-state index contributed by atoms with van der Waals surface area (Å²) < 4.78 is 29.5. The maximum atomic E-state index is 11.2. The van der Waals surface area contributed by atoms with E-state index in [0.717, 1.165) is 0 Å². The molecule has 0 aromatic rings. The maximum absolute atomic E-state index is 11.2. The van der Waals surface area contributed by atoms with E-state index in [4.69, 9.17) is 4.55 Å². The van der Waals surface area contributed by atoms with Crippen LogP contribution in [0.3, 0.4) is 0 Å². The topological polar surface area (TPSA) is 83.5 Å². The van der Waals surface area contributed by atoms with Gasteiger partial charge in [-0.05, 0) is 19.8 Å². The second-order valence-electron chi connectivity index (χ2n) is 3.43. The molecule has 0 spiro atoms. The smallest absolute Gasteiger partial charge is 0.264 e. The van der Waals surface area contributed by atoms with Crippen molar-refractivity contribution in [3.05, 3.63) is 12.2 Å². The first-order chi connectivity index (χ1) is 6.76.